The first-order chi connectivity index (χ1) is 13.9. The Morgan fingerprint density at radius 1 is 1.31 bits per heavy atom. The van der Waals surface area contributed by atoms with E-state index in [1.165, 1.54) is 11.3 Å². The third kappa shape index (κ3) is 3.99. The Morgan fingerprint density at radius 2 is 2.10 bits per heavy atom. The van der Waals surface area contributed by atoms with E-state index < -0.39 is 0 Å². The molecule has 0 spiro atoms. The largest absolute Gasteiger partial charge is 0.378 e. The highest BCUT2D eigenvalue weighted by atomic mass is 35.5. The molecule has 29 heavy (non-hydrogen) atoms. The lowest BCUT2D eigenvalue weighted by molar-refractivity contribution is 0.597. The lowest BCUT2D eigenvalue weighted by Gasteiger charge is -2.20. The molecule has 5 N–H and O–H groups in total. The molecule has 0 aliphatic heterocycles. The van der Waals surface area contributed by atoms with Crippen LogP contribution in [0.5, 0.6) is 0 Å². The van der Waals surface area contributed by atoms with Gasteiger partial charge in [-0.25, -0.2) is 4.39 Å². The van der Waals surface area contributed by atoms with Crippen LogP contribution in [-0.4, -0.2) is 23.1 Å². The fourth-order valence-electron chi connectivity index (χ4n) is 4.41. The number of halogens is 2. The van der Waals surface area contributed by atoms with Gasteiger partial charge in [0.2, 0.25) is 0 Å². The predicted molar refractivity (Wildman–Crippen MR) is 119 cm³/mol. The van der Waals surface area contributed by atoms with E-state index in [9.17, 15) is 0 Å². The minimum atomic E-state index is -0.221. The molecule has 1 heterocycles. The molecule has 1 atom stereocenters. The van der Waals surface area contributed by atoms with Gasteiger partial charge in [-0.15, -0.1) is 0 Å². The van der Waals surface area contributed by atoms with Crippen LogP contribution in [-0.2, 0) is 19.4 Å². The second-order valence-electron chi connectivity index (χ2n) is 7.85. The van der Waals surface area contributed by atoms with Gasteiger partial charge >= 0.3 is 0 Å². The second kappa shape index (κ2) is 8.11. The van der Waals surface area contributed by atoms with Crippen molar-refractivity contribution >= 4 is 34.2 Å². The summed E-state index contributed by atoms with van der Waals surface area (Å²) in [5, 5.41) is 5.26. The van der Waals surface area contributed by atoms with Gasteiger partial charge in [0, 0.05) is 40.8 Å². The first-order valence-corrected chi connectivity index (χ1v) is 10.5. The molecule has 5 nitrogen and oxygen atoms in total. The van der Waals surface area contributed by atoms with Crippen LogP contribution in [0.25, 0.3) is 10.9 Å². The standard InChI is InChI=1S/C22H27ClFN5/c1-13-6-7-14(11-18(13)23)28-15-10-17-16-4-2-3-5-20(16)29(9-8-27-22(25)26)21(17)19(24)12-15/h6-7,10,12,14,28H,2-5,8-9,11H2,1H3,(H4,25,26,27). The van der Waals surface area contributed by atoms with Crippen molar-refractivity contribution in [2.75, 3.05) is 11.9 Å². The summed E-state index contributed by atoms with van der Waals surface area (Å²) in [7, 11) is 0. The maximum atomic E-state index is 15.3. The molecular weight excluding hydrogens is 389 g/mol. The molecule has 1 aromatic heterocycles. The van der Waals surface area contributed by atoms with E-state index in [1.807, 2.05) is 13.0 Å². The number of benzene rings is 1. The normalized spacial score (nSPS) is 18.8. The molecule has 154 valence electrons. The van der Waals surface area contributed by atoms with Crippen molar-refractivity contribution < 1.29 is 4.39 Å². The summed E-state index contributed by atoms with van der Waals surface area (Å²) in [6, 6.07) is 3.72. The van der Waals surface area contributed by atoms with Crippen LogP contribution >= 0.6 is 11.6 Å². The number of aliphatic imine (C=N–C) groups is 1. The van der Waals surface area contributed by atoms with Crippen molar-refractivity contribution in [2.45, 2.75) is 51.6 Å². The van der Waals surface area contributed by atoms with Gasteiger partial charge in [-0.2, -0.15) is 0 Å². The van der Waals surface area contributed by atoms with Crippen molar-refractivity contribution in [1.29, 1.82) is 0 Å². The molecule has 2 aliphatic carbocycles. The number of anilines is 1. The van der Waals surface area contributed by atoms with Crippen molar-refractivity contribution in [3.8, 4) is 0 Å². The van der Waals surface area contributed by atoms with Gasteiger partial charge in [0.25, 0.3) is 0 Å². The van der Waals surface area contributed by atoms with E-state index in [4.69, 9.17) is 23.1 Å². The molecule has 1 unspecified atom stereocenters. The van der Waals surface area contributed by atoms with Crippen molar-refractivity contribution in [1.82, 2.24) is 4.57 Å². The molecule has 0 amide bonds. The maximum Gasteiger partial charge on any atom is 0.185 e. The summed E-state index contributed by atoms with van der Waals surface area (Å²) in [4.78, 5) is 4.09. The van der Waals surface area contributed by atoms with E-state index >= 15 is 4.39 Å². The molecule has 2 aliphatic rings. The summed E-state index contributed by atoms with van der Waals surface area (Å²) >= 11 is 6.31. The smallest absolute Gasteiger partial charge is 0.185 e. The third-order valence-electron chi connectivity index (χ3n) is 5.80. The van der Waals surface area contributed by atoms with Crippen molar-refractivity contribution in [3.63, 3.8) is 0 Å². The van der Waals surface area contributed by atoms with Gasteiger partial charge in [-0.3, -0.25) is 4.99 Å². The molecule has 4 rings (SSSR count). The number of nitrogens with two attached hydrogens (primary N) is 2. The van der Waals surface area contributed by atoms with E-state index in [-0.39, 0.29) is 17.8 Å². The monoisotopic (exact) mass is 415 g/mol. The van der Waals surface area contributed by atoms with Gasteiger partial charge in [0.05, 0.1) is 12.1 Å². The Kier molecular flexibility index (Phi) is 5.54. The Labute approximate surface area is 175 Å². The highest BCUT2D eigenvalue weighted by Gasteiger charge is 2.23. The number of fused-ring (bicyclic) bond motifs is 3. The maximum absolute atomic E-state index is 15.3. The van der Waals surface area contributed by atoms with Crippen LogP contribution in [0.2, 0.25) is 0 Å². The molecule has 2 aromatic rings. The minimum Gasteiger partial charge on any atom is -0.378 e. The molecular formula is C22H27ClFN5. The van der Waals surface area contributed by atoms with Gasteiger partial charge in [-0.1, -0.05) is 23.8 Å². The third-order valence-corrected chi connectivity index (χ3v) is 6.25. The molecule has 1 aromatic carbocycles. The Hall–Kier alpha value is -2.47. The second-order valence-corrected chi connectivity index (χ2v) is 8.30. The number of rotatable bonds is 5. The molecule has 0 saturated carbocycles. The fourth-order valence-corrected chi connectivity index (χ4v) is 4.64. The number of nitrogens with one attached hydrogen (secondary N) is 1. The lowest BCUT2D eigenvalue weighted by Crippen LogP contribution is -2.23. The summed E-state index contributed by atoms with van der Waals surface area (Å²) < 4.78 is 17.3. The number of allylic oxidation sites excluding steroid dienone is 2. The quantitative estimate of drug-likeness (QED) is 0.506. The van der Waals surface area contributed by atoms with Crippen LogP contribution in [0, 0.1) is 5.82 Å². The summed E-state index contributed by atoms with van der Waals surface area (Å²) in [5.41, 5.74) is 15.9. The number of hydrogen-bond acceptors (Lipinski definition) is 2. The Bertz CT molecular complexity index is 1030. The molecule has 0 fully saturated rings. The van der Waals surface area contributed by atoms with Crippen LogP contribution in [0.15, 0.2) is 39.9 Å². The first-order valence-electron chi connectivity index (χ1n) is 10.1. The number of aryl methyl sites for hydroxylation is 1. The fraction of sp³-hybridized carbons (Fsp3) is 0.409. The summed E-state index contributed by atoms with van der Waals surface area (Å²) in [5.74, 6) is -0.160. The molecule has 0 saturated heterocycles. The van der Waals surface area contributed by atoms with E-state index in [0.29, 0.717) is 25.0 Å². The summed E-state index contributed by atoms with van der Waals surface area (Å²) in [6.07, 6.45) is 8.99. The first kappa shape index (κ1) is 19.8. The van der Waals surface area contributed by atoms with E-state index in [0.717, 1.165) is 47.4 Å². The van der Waals surface area contributed by atoms with Crippen LogP contribution < -0.4 is 16.8 Å². The number of aromatic nitrogens is 1. The van der Waals surface area contributed by atoms with Crippen LogP contribution in [0.4, 0.5) is 10.1 Å². The van der Waals surface area contributed by atoms with Crippen molar-refractivity contribution in [2.24, 2.45) is 16.5 Å². The Morgan fingerprint density at radius 3 is 2.86 bits per heavy atom. The topological polar surface area (TPSA) is 81.4 Å². The van der Waals surface area contributed by atoms with Crippen molar-refractivity contribution in [3.05, 3.63) is 52.0 Å². The van der Waals surface area contributed by atoms with E-state index in [2.05, 4.69) is 27.0 Å². The average Bonchev–Trinajstić information content (AvgIpc) is 2.99. The average molecular weight is 416 g/mol. The number of nitrogens with zero attached hydrogens (tertiary/aromatic N) is 2. The predicted octanol–water partition coefficient (Wildman–Crippen LogP) is 4.19. The number of hydrogen-bond donors (Lipinski definition) is 3. The molecule has 0 radical (unpaired) electrons. The van der Waals surface area contributed by atoms with Crippen LogP contribution in [0.1, 0.15) is 37.4 Å². The summed E-state index contributed by atoms with van der Waals surface area (Å²) in [6.45, 7) is 3.01. The zero-order valence-electron chi connectivity index (χ0n) is 16.6. The zero-order chi connectivity index (χ0) is 20.5. The van der Waals surface area contributed by atoms with Gasteiger partial charge in [0.1, 0.15) is 5.82 Å². The molecule has 7 heteroatoms. The molecule has 0 bridgehead atoms. The highest BCUT2D eigenvalue weighted by Crippen LogP contribution is 2.36. The van der Waals surface area contributed by atoms with E-state index in [1.54, 1.807) is 6.07 Å². The number of guanidine groups is 1. The Balaban J connectivity index is 1.70. The SMILES string of the molecule is CC1=C(Cl)CC(Nc2cc(F)c3c(c2)c2c(n3CCN=C(N)N)CCCC2)C=C1. The van der Waals surface area contributed by atoms with Crippen LogP contribution in [0.3, 0.4) is 0 Å². The van der Waals surface area contributed by atoms with Gasteiger partial charge < -0.3 is 21.4 Å². The zero-order valence-corrected chi connectivity index (χ0v) is 17.4. The van der Waals surface area contributed by atoms with Gasteiger partial charge in [-0.05, 0) is 55.9 Å². The lowest BCUT2D eigenvalue weighted by atomic mass is 9.95. The minimum absolute atomic E-state index is 0.0582. The van der Waals surface area contributed by atoms with Gasteiger partial charge in [0.15, 0.2) is 5.96 Å². The highest BCUT2D eigenvalue weighted by molar-refractivity contribution is 6.30.